The van der Waals surface area contributed by atoms with Gasteiger partial charge in [0.05, 0.1) is 25.4 Å². The van der Waals surface area contributed by atoms with Gasteiger partial charge in [-0.05, 0) is 74.3 Å². The van der Waals surface area contributed by atoms with Crippen LogP contribution in [0, 0.1) is 0 Å². The van der Waals surface area contributed by atoms with E-state index in [1.807, 2.05) is 18.2 Å². The van der Waals surface area contributed by atoms with E-state index in [2.05, 4.69) is 44.7 Å². The van der Waals surface area contributed by atoms with Gasteiger partial charge in [-0.2, -0.15) is 0 Å². The average molecular weight is 523 g/mol. The number of ether oxygens (including phenoxy) is 2. The van der Waals surface area contributed by atoms with Gasteiger partial charge < -0.3 is 24.1 Å². The Kier molecular flexibility index (Phi) is 11.9. The minimum absolute atomic E-state index is 0.193. The summed E-state index contributed by atoms with van der Waals surface area (Å²) in [5.41, 5.74) is 4.60. The molecule has 2 atom stereocenters. The molecule has 0 saturated carbocycles. The molecule has 0 fully saturated rings. The number of rotatable bonds is 17. The van der Waals surface area contributed by atoms with Crippen molar-refractivity contribution in [2.45, 2.75) is 83.8 Å². The zero-order chi connectivity index (χ0) is 27.3. The first-order chi connectivity index (χ1) is 18.4. The number of carbonyl (C=O) groups excluding carboxylic acids is 1. The second kappa shape index (κ2) is 15.4. The Bertz CT molecular complexity index is 1160. The fraction of sp³-hybridized carbons (Fsp3) is 0.469. The zero-order valence-corrected chi connectivity index (χ0v) is 22.8. The van der Waals surface area contributed by atoms with Crippen LogP contribution in [0.3, 0.4) is 0 Å². The summed E-state index contributed by atoms with van der Waals surface area (Å²) in [5, 5.41) is 21.3. The Morgan fingerprint density at radius 3 is 2.45 bits per heavy atom. The number of esters is 1. The summed E-state index contributed by atoms with van der Waals surface area (Å²) in [6, 6.07) is 14.6. The van der Waals surface area contributed by atoms with E-state index in [0.29, 0.717) is 38.0 Å². The number of benzene rings is 2. The molecular weight excluding hydrogens is 480 g/mol. The zero-order valence-electron chi connectivity index (χ0n) is 22.8. The first kappa shape index (κ1) is 29.5. The molecule has 2 unspecified atom stereocenters. The highest BCUT2D eigenvalue weighted by atomic mass is 16.5. The van der Waals surface area contributed by atoms with Gasteiger partial charge in [0.15, 0.2) is 0 Å². The first-order valence-electron chi connectivity index (χ1n) is 13.9. The van der Waals surface area contributed by atoms with Gasteiger partial charge >= 0.3 is 5.97 Å². The van der Waals surface area contributed by atoms with E-state index in [0.717, 1.165) is 41.2 Å². The SMILES string of the molecule is C=CC(=O)OCCCC(O)C(O)CCCOc1ccc2cc(-c3ccc(CCCCC)cc3CC)oc2c1. The van der Waals surface area contributed by atoms with Crippen LogP contribution < -0.4 is 4.74 Å². The fourth-order valence-electron chi connectivity index (χ4n) is 4.54. The topological polar surface area (TPSA) is 89.1 Å². The molecule has 3 aromatic rings. The lowest BCUT2D eigenvalue weighted by Gasteiger charge is -2.17. The maximum absolute atomic E-state index is 11.0. The van der Waals surface area contributed by atoms with Gasteiger partial charge in [-0.25, -0.2) is 4.79 Å². The molecule has 2 N–H and O–H groups in total. The summed E-state index contributed by atoms with van der Waals surface area (Å²) < 4.78 is 17.0. The van der Waals surface area contributed by atoms with Crippen LogP contribution in [-0.4, -0.2) is 41.6 Å². The number of carbonyl (C=O) groups is 1. The summed E-state index contributed by atoms with van der Waals surface area (Å²) in [7, 11) is 0. The summed E-state index contributed by atoms with van der Waals surface area (Å²) in [4.78, 5) is 11.0. The summed E-state index contributed by atoms with van der Waals surface area (Å²) in [6.45, 7) is 8.35. The van der Waals surface area contributed by atoms with Crippen molar-refractivity contribution in [1.82, 2.24) is 0 Å². The van der Waals surface area contributed by atoms with Crippen molar-refractivity contribution in [2.75, 3.05) is 13.2 Å². The van der Waals surface area contributed by atoms with Crippen molar-refractivity contribution < 1.29 is 28.9 Å². The highest BCUT2D eigenvalue weighted by Gasteiger charge is 2.16. The normalized spacial score (nSPS) is 12.8. The summed E-state index contributed by atoms with van der Waals surface area (Å²) in [5.74, 6) is 1.09. The van der Waals surface area contributed by atoms with Gasteiger partial charge in [0.2, 0.25) is 0 Å². The molecule has 0 radical (unpaired) electrons. The van der Waals surface area contributed by atoms with Crippen molar-refractivity contribution >= 4 is 16.9 Å². The number of hydrogen-bond acceptors (Lipinski definition) is 6. The van der Waals surface area contributed by atoms with Gasteiger partial charge in [-0.3, -0.25) is 0 Å². The molecular formula is C32H42O6. The highest BCUT2D eigenvalue weighted by molar-refractivity contribution is 5.84. The van der Waals surface area contributed by atoms with E-state index in [1.165, 1.54) is 30.4 Å². The predicted molar refractivity (Wildman–Crippen MR) is 151 cm³/mol. The van der Waals surface area contributed by atoms with Gasteiger partial charge in [0.25, 0.3) is 0 Å². The molecule has 0 aliphatic carbocycles. The maximum Gasteiger partial charge on any atom is 0.330 e. The molecule has 2 aromatic carbocycles. The van der Waals surface area contributed by atoms with E-state index in [1.54, 1.807) is 0 Å². The molecule has 0 bridgehead atoms. The van der Waals surface area contributed by atoms with Crippen LogP contribution in [0.5, 0.6) is 5.75 Å². The molecule has 0 amide bonds. The monoisotopic (exact) mass is 522 g/mol. The quantitative estimate of drug-likeness (QED) is 0.115. The number of aliphatic hydroxyl groups is 2. The predicted octanol–water partition coefficient (Wildman–Crippen LogP) is 6.79. The average Bonchev–Trinajstić information content (AvgIpc) is 3.36. The molecule has 38 heavy (non-hydrogen) atoms. The van der Waals surface area contributed by atoms with Crippen molar-refractivity contribution in [1.29, 1.82) is 0 Å². The number of aryl methyl sites for hydroxylation is 2. The molecule has 206 valence electrons. The molecule has 6 nitrogen and oxygen atoms in total. The van der Waals surface area contributed by atoms with E-state index in [4.69, 9.17) is 13.9 Å². The second-order valence-electron chi connectivity index (χ2n) is 9.75. The third-order valence-electron chi connectivity index (χ3n) is 6.79. The Balaban J connectivity index is 1.50. The van der Waals surface area contributed by atoms with Gasteiger partial charge in [0, 0.05) is 23.1 Å². The molecule has 0 saturated heterocycles. The van der Waals surface area contributed by atoms with Crippen LogP contribution in [0.25, 0.3) is 22.3 Å². The van der Waals surface area contributed by atoms with Crippen LogP contribution in [0.2, 0.25) is 0 Å². The lowest BCUT2D eigenvalue weighted by molar-refractivity contribution is -0.138. The molecule has 0 aliphatic rings. The summed E-state index contributed by atoms with van der Waals surface area (Å²) >= 11 is 0. The van der Waals surface area contributed by atoms with Crippen molar-refractivity contribution in [3.05, 3.63) is 66.2 Å². The lowest BCUT2D eigenvalue weighted by Crippen LogP contribution is -2.26. The van der Waals surface area contributed by atoms with E-state index in [-0.39, 0.29) is 6.61 Å². The third kappa shape index (κ3) is 8.74. The number of hydrogen-bond donors (Lipinski definition) is 2. The van der Waals surface area contributed by atoms with Crippen molar-refractivity contribution in [3.63, 3.8) is 0 Å². The van der Waals surface area contributed by atoms with Gasteiger partial charge in [-0.15, -0.1) is 0 Å². The van der Waals surface area contributed by atoms with Crippen LogP contribution in [0.4, 0.5) is 0 Å². The van der Waals surface area contributed by atoms with Crippen LogP contribution in [-0.2, 0) is 22.4 Å². The maximum atomic E-state index is 11.0. The van der Waals surface area contributed by atoms with Crippen molar-refractivity contribution in [3.8, 4) is 17.1 Å². The minimum Gasteiger partial charge on any atom is -0.493 e. The fourth-order valence-corrected chi connectivity index (χ4v) is 4.54. The Morgan fingerprint density at radius 2 is 1.74 bits per heavy atom. The number of unbranched alkanes of at least 4 members (excludes halogenated alkanes) is 2. The lowest BCUT2D eigenvalue weighted by atomic mass is 9.97. The Hall–Kier alpha value is -3.09. The Morgan fingerprint density at radius 1 is 0.974 bits per heavy atom. The van der Waals surface area contributed by atoms with Gasteiger partial charge in [0.1, 0.15) is 17.1 Å². The standard InChI is InChI=1S/C32H42O6/c1-4-7-8-11-23-14-17-27(24(5-2)20-23)31-21-25-15-16-26(22-30(25)38-31)36-18-9-12-28(33)29(34)13-10-19-37-32(35)6-3/h6,14-17,20-22,28-29,33-34H,3-5,7-13,18-19H2,1-2H3. The number of furan rings is 1. The molecule has 3 rings (SSSR count). The van der Waals surface area contributed by atoms with Crippen LogP contribution >= 0.6 is 0 Å². The highest BCUT2D eigenvalue weighted by Crippen LogP contribution is 2.33. The van der Waals surface area contributed by atoms with E-state index in [9.17, 15) is 15.0 Å². The minimum atomic E-state index is -0.867. The molecule has 1 aromatic heterocycles. The molecule has 1 heterocycles. The molecule has 0 aliphatic heterocycles. The summed E-state index contributed by atoms with van der Waals surface area (Å²) in [6.07, 6.45) is 6.99. The third-order valence-corrected chi connectivity index (χ3v) is 6.79. The number of aliphatic hydroxyl groups excluding tert-OH is 2. The second-order valence-corrected chi connectivity index (χ2v) is 9.75. The van der Waals surface area contributed by atoms with Crippen molar-refractivity contribution in [2.24, 2.45) is 0 Å². The molecule has 0 spiro atoms. The number of fused-ring (bicyclic) bond motifs is 1. The first-order valence-corrected chi connectivity index (χ1v) is 13.9. The Labute approximate surface area is 226 Å². The largest absolute Gasteiger partial charge is 0.493 e. The van der Waals surface area contributed by atoms with Crippen LogP contribution in [0.15, 0.2) is 59.5 Å². The smallest absolute Gasteiger partial charge is 0.330 e. The van der Waals surface area contributed by atoms with E-state index >= 15 is 0 Å². The van der Waals surface area contributed by atoms with E-state index < -0.39 is 18.2 Å². The molecule has 6 heteroatoms. The van der Waals surface area contributed by atoms with Crippen LogP contribution in [0.1, 0.15) is 69.9 Å². The van der Waals surface area contributed by atoms with Gasteiger partial charge in [-0.1, -0.05) is 51.5 Å².